The Morgan fingerprint density at radius 2 is 2.17 bits per heavy atom. The predicted molar refractivity (Wildman–Crippen MR) is 95.6 cm³/mol. The Balaban J connectivity index is 2.06. The predicted octanol–water partition coefficient (Wildman–Crippen LogP) is 3.65. The number of hydrogen-bond acceptors (Lipinski definition) is 5. The van der Waals surface area contributed by atoms with Crippen LogP contribution in [0.2, 0.25) is 0 Å². The summed E-state index contributed by atoms with van der Waals surface area (Å²) in [4.78, 5) is 13.9. The number of aryl methyl sites for hydroxylation is 1. The van der Waals surface area contributed by atoms with Crippen LogP contribution in [0.1, 0.15) is 44.5 Å². The molecule has 1 amide bonds. The molecular weight excluding hydrogens is 328 g/mol. The standard InChI is InChI=1S/C16H24N4OS2/c1-5-12(6-2)14(13-8-7-9-22-13)18-15(21)11(3)23-16-19-17-10-20(16)4/h7-12,14H,5-6H2,1-4H3,(H,18,21). The molecule has 2 rings (SSSR count). The molecule has 0 saturated heterocycles. The second-order valence-corrected chi connectivity index (χ2v) is 7.85. The van der Waals surface area contributed by atoms with E-state index in [0.717, 1.165) is 18.0 Å². The largest absolute Gasteiger partial charge is 0.347 e. The maximum Gasteiger partial charge on any atom is 0.233 e. The number of nitrogens with one attached hydrogen (secondary N) is 1. The van der Waals surface area contributed by atoms with Crippen molar-refractivity contribution < 1.29 is 4.79 Å². The Bertz CT molecular complexity index is 607. The van der Waals surface area contributed by atoms with Gasteiger partial charge >= 0.3 is 0 Å². The number of nitrogens with zero attached hydrogens (tertiary/aromatic N) is 3. The summed E-state index contributed by atoms with van der Waals surface area (Å²) in [5.74, 6) is 0.493. The van der Waals surface area contributed by atoms with Gasteiger partial charge in [0.1, 0.15) is 6.33 Å². The molecule has 0 aliphatic heterocycles. The fourth-order valence-electron chi connectivity index (χ4n) is 2.51. The minimum absolute atomic E-state index is 0.0447. The maximum atomic E-state index is 12.6. The zero-order valence-electron chi connectivity index (χ0n) is 14.0. The maximum absolute atomic E-state index is 12.6. The minimum atomic E-state index is -0.213. The van der Waals surface area contributed by atoms with E-state index >= 15 is 0 Å². The average Bonchev–Trinajstić information content (AvgIpc) is 3.19. The molecule has 0 saturated carbocycles. The van der Waals surface area contributed by atoms with Crippen molar-refractivity contribution in [3.63, 3.8) is 0 Å². The molecule has 126 valence electrons. The van der Waals surface area contributed by atoms with Gasteiger partial charge in [0.05, 0.1) is 11.3 Å². The summed E-state index contributed by atoms with van der Waals surface area (Å²) in [5.41, 5.74) is 0. The summed E-state index contributed by atoms with van der Waals surface area (Å²) < 4.78 is 1.83. The molecule has 0 spiro atoms. The first-order chi connectivity index (χ1) is 11.1. The number of thioether (sulfide) groups is 1. The van der Waals surface area contributed by atoms with Gasteiger partial charge < -0.3 is 9.88 Å². The molecule has 0 radical (unpaired) electrons. The summed E-state index contributed by atoms with van der Waals surface area (Å²) in [6.45, 7) is 6.27. The van der Waals surface area contributed by atoms with Crippen LogP contribution in [0, 0.1) is 5.92 Å². The van der Waals surface area contributed by atoms with E-state index in [1.54, 1.807) is 17.7 Å². The van der Waals surface area contributed by atoms with Crippen molar-refractivity contribution in [1.29, 1.82) is 0 Å². The average molecular weight is 353 g/mol. The Hall–Kier alpha value is -1.34. The number of carbonyl (C=O) groups is 1. The van der Waals surface area contributed by atoms with Gasteiger partial charge in [-0.05, 0) is 24.3 Å². The molecule has 0 bridgehead atoms. The number of aromatic nitrogens is 3. The second-order valence-electron chi connectivity index (χ2n) is 5.56. The van der Waals surface area contributed by atoms with Crippen molar-refractivity contribution in [1.82, 2.24) is 20.1 Å². The van der Waals surface area contributed by atoms with Gasteiger partial charge in [-0.1, -0.05) is 44.5 Å². The van der Waals surface area contributed by atoms with Crippen molar-refractivity contribution in [3.05, 3.63) is 28.7 Å². The lowest BCUT2D eigenvalue weighted by Crippen LogP contribution is -2.37. The van der Waals surface area contributed by atoms with Crippen LogP contribution in [-0.4, -0.2) is 25.9 Å². The summed E-state index contributed by atoms with van der Waals surface area (Å²) in [5, 5.41) is 13.7. The number of carbonyl (C=O) groups excluding carboxylic acids is 1. The molecule has 0 fully saturated rings. The van der Waals surface area contributed by atoms with Crippen molar-refractivity contribution in [2.45, 2.75) is 50.1 Å². The minimum Gasteiger partial charge on any atom is -0.347 e. The summed E-state index contributed by atoms with van der Waals surface area (Å²) in [6.07, 6.45) is 3.74. The third-order valence-electron chi connectivity index (χ3n) is 3.99. The van der Waals surface area contributed by atoms with Crippen molar-refractivity contribution >= 4 is 29.0 Å². The van der Waals surface area contributed by atoms with Crippen LogP contribution in [-0.2, 0) is 11.8 Å². The highest BCUT2D eigenvalue weighted by atomic mass is 32.2. The van der Waals surface area contributed by atoms with E-state index in [4.69, 9.17) is 0 Å². The van der Waals surface area contributed by atoms with Crippen molar-refractivity contribution in [2.75, 3.05) is 0 Å². The van der Waals surface area contributed by atoms with Gasteiger partial charge in [0.2, 0.25) is 5.91 Å². The first kappa shape index (κ1) is 18.0. The van der Waals surface area contributed by atoms with E-state index in [0.29, 0.717) is 5.92 Å². The van der Waals surface area contributed by atoms with E-state index in [9.17, 15) is 4.79 Å². The van der Waals surface area contributed by atoms with Gasteiger partial charge in [-0.15, -0.1) is 21.5 Å². The first-order valence-electron chi connectivity index (χ1n) is 7.91. The molecule has 2 aromatic heterocycles. The fourth-order valence-corrected chi connectivity index (χ4v) is 4.18. The molecule has 2 heterocycles. The summed E-state index contributed by atoms with van der Waals surface area (Å²) in [7, 11) is 1.88. The van der Waals surface area contributed by atoms with E-state index in [1.807, 2.05) is 24.6 Å². The van der Waals surface area contributed by atoms with E-state index in [2.05, 4.69) is 40.8 Å². The van der Waals surface area contributed by atoms with Crippen LogP contribution >= 0.6 is 23.1 Å². The molecule has 7 heteroatoms. The first-order valence-corrected chi connectivity index (χ1v) is 9.67. The lowest BCUT2D eigenvalue weighted by molar-refractivity contribution is -0.121. The number of thiophene rings is 1. The molecule has 1 N–H and O–H groups in total. The van der Waals surface area contributed by atoms with Crippen LogP contribution in [0.4, 0.5) is 0 Å². The SMILES string of the molecule is CCC(CC)C(NC(=O)C(C)Sc1nncn1C)c1cccs1. The zero-order chi connectivity index (χ0) is 16.8. The Morgan fingerprint density at radius 1 is 1.43 bits per heavy atom. The molecule has 0 aliphatic rings. The summed E-state index contributed by atoms with van der Waals surface area (Å²) in [6, 6.07) is 4.23. The zero-order valence-corrected chi connectivity index (χ0v) is 15.7. The molecular formula is C16H24N4OS2. The highest BCUT2D eigenvalue weighted by Crippen LogP contribution is 2.31. The Morgan fingerprint density at radius 3 is 2.70 bits per heavy atom. The Kier molecular flexibility index (Phi) is 6.65. The van der Waals surface area contributed by atoms with Crippen molar-refractivity contribution in [3.8, 4) is 0 Å². The van der Waals surface area contributed by atoms with Gasteiger partial charge in [-0.2, -0.15) is 0 Å². The van der Waals surface area contributed by atoms with Crippen LogP contribution in [0.3, 0.4) is 0 Å². The smallest absolute Gasteiger partial charge is 0.233 e. The number of hydrogen-bond donors (Lipinski definition) is 1. The summed E-state index contributed by atoms with van der Waals surface area (Å²) >= 11 is 3.14. The lowest BCUT2D eigenvalue weighted by atomic mass is 9.93. The van der Waals surface area contributed by atoms with E-state index in [-0.39, 0.29) is 17.2 Å². The van der Waals surface area contributed by atoms with Gasteiger partial charge in [0.25, 0.3) is 0 Å². The third kappa shape index (κ3) is 4.57. The normalized spacial score (nSPS) is 14.0. The van der Waals surface area contributed by atoms with Gasteiger partial charge in [0.15, 0.2) is 5.16 Å². The monoisotopic (exact) mass is 352 g/mol. The topological polar surface area (TPSA) is 59.8 Å². The number of rotatable bonds is 8. The van der Waals surface area contributed by atoms with Crippen LogP contribution in [0.15, 0.2) is 29.0 Å². The van der Waals surface area contributed by atoms with Crippen LogP contribution in [0.25, 0.3) is 0 Å². The van der Waals surface area contributed by atoms with Gasteiger partial charge in [0, 0.05) is 11.9 Å². The molecule has 0 aliphatic carbocycles. The fraction of sp³-hybridized carbons (Fsp3) is 0.562. The molecule has 5 nitrogen and oxygen atoms in total. The number of amides is 1. The van der Waals surface area contributed by atoms with E-state index in [1.165, 1.54) is 16.6 Å². The highest BCUT2D eigenvalue weighted by molar-refractivity contribution is 8.00. The molecule has 23 heavy (non-hydrogen) atoms. The van der Waals surface area contributed by atoms with Gasteiger partial charge in [-0.3, -0.25) is 4.79 Å². The lowest BCUT2D eigenvalue weighted by Gasteiger charge is -2.26. The molecule has 2 atom stereocenters. The molecule has 2 aromatic rings. The molecule has 2 unspecified atom stereocenters. The van der Waals surface area contributed by atoms with Crippen LogP contribution in [0.5, 0.6) is 0 Å². The van der Waals surface area contributed by atoms with Crippen molar-refractivity contribution in [2.24, 2.45) is 13.0 Å². The Labute approximate surface area is 145 Å². The quantitative estimate of drug-likeness (QED) is 0.737. The van der Waals surface area contributed by atoms with Crippen LogP contribution < -0.4 is 5.32 Å². The second kappa shape index (κ2) is 8.49. The van der Waals surface area contributed by atoms with Gasteiger partial charge in [-0.25, -0.2) is 0 Å². The molecule has 0 aromatic carbocycles. The van der Waals surface area contributed by atoms with E-state index < -0.39 is 0 Å². The third-order valence-corrected chi connectivity index (χ3v) is 6.09. The highest BCUT2D eigenvalue weighted by Gasteiger charge is 2.26.